The van der Waals surface area contributed by atoms with E-state index in [1.165, 1.54) is 23.8 Å². The number of ether oxygens (including phenoxy) is 1. The van der Waals surface area contributed by atoms with Crippen molar-refractivity contribution < 1.29 is 19.7 Å². The third-order valence-electron chi connectivity index (χ3n) is 4.77. The van der Waals surface area contributed by atoms with E-state index in [1.54, 1.807) is 13.0 Å². The highest BCUT2D eigenvalue weighted by Crippen LogP contribution is 2.35. The summed E-state index contributed by atoms with van der Waals surface area (Å²) in [7, 11) is 1.53. The summed E-state index contributed by atoms with van der Waals surface area (Å²) in [5.41, 5.74) is 4.89. The number of carboxylic acid groups (broad SMARTS) is 1. The lowest BCUT2D eigenvalue weighted by Gasteiger charge is -2.14. The Morgan fingerprint density at radius 1 is 1.04 bits per heavy atom. The molecule has 1 aromatic carbocycles. The Morgan fingerprint density at radius 3 is 2.14 bits per heavy atom. The van der Waals surface area contributed by atoms with Gasteiger partial charge >= 0.3 is 5.97 Å². The fourth-order valence-corrected chi connectivity index (χ4v) is 3.07. The van der Waals surface area contributed by atoms with Crippen molar-refractivity contribution in [3.8, 4) is 11.5 Å². The average molecular weight is 387 g/mol. The summed E-state index contributed by atoms with van der Waals surface area (Å²) in [6.45, 7) is 10.1. The molecule has 0 aliphatic rings. The SMILES string of the molecule is COc1cc(C)c(C(=O)O)c(O)c1CC=C(C)CCC=C(C)CCC=C(C)C. The van der Waals surface area contributed by atoms with Crippen LogP contribution in [0.3, 0.4) is 0 Å². The second kappa shape index (κ2) is 11.4. The maximum Gasteiger partial charge on any atom is 0.339 e. The number of rotatable bonds is 10. The molecule has 0 aromatic heterocycles. The molecule has 0 spiro atoms. The third-order valence-corrected chi connectivity index (χ3v) is 4.77. The summed E-state index contributed by atoms with van der Waals surface area (Å²) in [4.78, 5) is 11.4. The van der Waals surface area contributed by atoms with Gasteiger partial charge in [0.1, 0.15) is 17.1 Å². The van der Waals surface area contributed by atoms with E-state index in [4.69, 9.17) is 4.74 Å². The topological polar surface area (TPSA) is 66.8 Å². The highest BCUT2D eigenvalue weighted by atomic mass is 16.5. The number of hydrogen-bond acceptors (Lipinski definition) is 3. The Morgan fingerprint density at radius 2 is 1.61 bits per heavy atom. The monoisotopic (exact) mass is 386 g/mol. The number of phenols is 1. The molecule has 0 saturated heterocycles. The molecule has 0 amide bonds. The van der Waals surface area contributed by atoms with E-state index in [2.05, 4.69) is 39.8 Å². The lowest BCUT2D eigenvalue weighted by Crippen LogP contribution is -2.04. The summed E-state index contributed by atoms with van der Waals surface area (Å²) < 4.78 is 5.34. The number of hydrogen-bond donors (Lipinski definition) is 2. The van der Waals surface area contributed by atoms with Crippen molar-refractivity contribution in [2.75, 3.05) is 7.11 Å². The van der Waals surface area contributed by atoms with Crippen molar-refractivity contribution in [1.82, 2.24) is 0 Å². The highest BCUT2D eigenvalue weighted by molar-refractivity contribution is 5.93. The normalized spacial score (nSPS) is 12.1. The molecular weight excluding hydrogens is 352 g/mol. The van der Waals surface area contributed by atoms with E-state index in [9.17, 15) is 15.0 Å². The number of aromatic hydroxyl groups is 1. The van der Waals surface area contributed by atoms with Crippen LogP contribution < -0.4 is 4.74 Å². The number of aryl methyl sites for hydroxylation is 1. The Hall–Kier alpha value is -2.49. The van der Waals surface area contributed by atoms with Gasteiger partial charge in [-0.1, -0.05) is 34.9 Å². The molecule has 0 fully saturated rings. The van der Waals surface area contributed by atoms with Gasteiger partial charge < -0.3 is 14.9 Å². The quantitative estimate of drug-likeness (QED) is 0.459. The van der Waals surface area contributed by atoms with Gasteiger partial charge in [-0.15, -0.1) is 0 Å². The molecule has 4 heteroatoms. The molecule has 28 heavy (non-hydrogen) atoms. The van der Waals surface area contributed by atoms with Crippen LogP contribution >= 0.6 is 0 Å². The van der Waals surface area contributed by atoms with Crippen LogP contribution in [0, 0.1) is 6.92 Å². The fourth-order valence-electron chi connectivity index (χ4n) is 3.07. The van der Waals surface area contributed by atoms with Gasteiger partial charge in [0.05, 0.1) is 7.11 Å². The molecule has 1 rings (SSSR count). The van der Waals surface area contributed by atoms with Crippen LogP contribution in [0.2, 0.25) is 0 Å². The Kier molecular flexibility index (Phi) is 9.57. The average Bonchev–Trinajstić information content (AvgIpc) is 2.59. The van der Waals surface area contributed by atoms with E-state index >= 15 is 0 Å². The van der Waals surface area contributed by atoms with Crippen LogP contribution in [0.4, 0.5) is 0 Å². The molecule has 0 unspecified atom stereocenters. The van der Waals surface area contributed by atoms with Crippen LogP contribution in [-0.2, 0) is 6.42 Å². The van der Waals surface area contributed by atoms with Gasteiger partial charge in [-0.05, 0) is 78.4 Å². The molecular formula is C24H34O4. The molecule has 2 N–H and O–H groups in total. The van der Waals surface area contributed by atoms with Crippen LogP contribution in [-0.4, -0.2) is 23.3 Å². The minimum Gasteiger partial charge on any atom is -0.507 e. The molecule has 4 nitrogen and oxygen atoms in total. The molecule has 0 aliphatic carbocycles. The molecule has 0 heterocycles. The van der Waals surface area contributed by atoms with E-state index in [-0.39, 0.29) is 11.3 Å². The molecule has 0 aliphatic heterocycles. The Labute approximate surface area is 169 Å². The van der Waals surface area contributed by atoms with E-state index in [0.29, 0.717) is 23.3 Å². The smallest absolute Gasteiger partial charge is 0.339 e. The minimum absolute atomic E-state index is 0.0585. The summed E-state index contributed by atoms with van der Waals surface area (Å²) >= 11 is 0. The van der Waals surface area contributed by atoms with Gasteiger partial charge in [-0.3, -0.25) is 0 Å². The highest BCUT2D eigenvalue weighted by Gasteiger charge is 2.20. The first-order valence-corrected chi connectivity index (χ1v) is 9.74. The molecule has 0 bridgehead atoms. The van der Waals surface area contributed by atoms with Crippen molar-refractivity contribution in [1.29, 1.82) is 0 Å². The largest absolute Gasteiger partial charge is 0.507 e. The standard InChI is InChI=1S/C24H34O4/c1-16(2)9-7-10-17(3)11-8-12-18(4)13-14-20-21(28-6)15-19(5)22(23(20)25)24(26)27/h9,11,13,15,25H,7-8,10,12,14H2,1-6H3,(H,26,27). The fraction of sp³-hybridized carbons (Fsp3) is 0.458. The van der Waals surface area contributed by atoms with E-state index < -0.39 is 5.97 Å². The van der Waals surface area contributed by atoms with Crippen molar-refractivity contribution in [3.05, 3.63) is 57.7 Å². The predicted octanol–water partition coefficient (Wildman–Crippen LogP) is 6.37. The summed E-state index contributed by atoms with van der Waals surface area (Å²) in [6, 6.07) is 1.67. The van der Waals surface area contributed by atoms with E-state index in [1.807, 2.05) is 6.08 Å². The molecule has 0 atom stereocenters. The summed E-state index contributed by atoms with van der Waals surface area (Å²) in [5, 5.41) is 19.8. The maximum atomic E-state index is 11.4. The molecule has 0 saturated carbocycles. The van der Waals surface area contributed by atoms with Gasteiger partial charge in [0.2, 0.25) is 0 Å². The first kappa shape index (κ1) is 23.5. The van der Waals surface area contributed by atoms with Crippen molar-refractivity contribution in [2.24, 2.45) is 0 Å². The van der Waals surface area contributed by atoms with Gasteiger partial charge in [0, 0.05) is 5.56 Å². The zero-order chi connectivity index (χ0) is 21.3. The van der Waals surface area contributed by atoms with Crippen molar-refractivity contribution in [2.45, 2.75) is 66.7 Å². The summed E-state index contributed by atoms with van der Waals surface area (Å²) in [6.07, 6.45) is 11.1. The minimum atomic E-state index is -1.13. The third kappa shape index (κ3) is 7.26. The number of methoxy groups -OCH3 is 1. The Bertz CT molecular complexity index is 778. The first-order chi connectivity index (χ1) is 13.2. The van der Waals surface area contributed by atoms with Gasteiger partial charge in [-0.25, -0.2) is 4.79 Å². The predicted molar refractivity (Wildman–Crippen MR) is 115 cm³/mol. The Balaban J connectivity index is 2.79. The summed E-state index contributed by atoms with van der Waals surface area (Å²) in [5.74, 6) is -0.823. The van der Waals surface area contributed by atoms with Crippen LogP contribution in [0.5, 0.6) is 11.5 Å². The second-order valence-corrected chi connectivity index (χ2v) is 7.57. The van der Waals surface area contributed by atoms with Gasteiger partial charge in [0.15, 0.2) is 0 Å². The molecule has 154 valence electrons. The number of carboxylic acids is 1. The number of benzene rings is 1. The molecule has 0 radical (unpaired) electrons. The van der Waals surface area contributed by atoms with Crippen LogP contribution in [0.25, 0.3) is 0 Å². The lowest BCUT2D eigenvalue weighted by atomic mass is 9.98. The second-order valence-electron chi connectivity index (χ2n) is 7.57. The number of aromatic carboxylic acids is 1. The zero-order valence-electron chi connectivity index (χ0n) is 18.1. The van der Waals surface area contributed by atoms with Crippen LogP contribution in [0.1, 0.15) is 74.9 Å². The van der Waals surface area contributed by atoms with Gasteiger partial charge in [0.25, 0.3) is 0 Å². The maximum absolute atomic E-state index is 11.4. The van der Waals surface area contributed by atoms with E-state index in [0.717, 1.165) is 25.7 Å². The zero-order valence-corrected chi connectivity index (χ0v) is 18.1. The first-order valence-electron chi connectivity index (χ1n) is 9.74. The van der Waals surface area contributed by atoms with Crippen LogP contribution in [0.15, 0.2) is 41.0 Å². The van der Waals surface area contributed by atoms with Gasteiger partial charge in [-0.2, -0.15) is 0 Å². The number of allylic oxidation sites excluding steroid dienone is 6. The molecule has 1 aromatic rings. The lowest BCUT2D eigenvalue weighted by molar-refractivity contribution is 0.0692. The van der Waals surface area contributed by atoms with Crippen molar-refractivity contribution in [3.63, 3.8) is 0 Å². The van der Waals surface area contributed by atoms with Crippen molar-refractivity contribution >= 4 is 5.97 Å². The number of carbonyl (C=O) groups is 1.